The number of aliphatic carboxylic acids is 1. The summed E-state index contributed by atoms with van der Waals surface area (Å²) in [6.07, 6.45) is -0.501. The van der Waals surface area contributed by atoms with Crippen molar-refractivity contribution in [1.29, 1.82) is 0 Å². The number of carboxylic acid groups (broad SMARTS) is 1. The lowest BCUT2D eigenvalue weighted by atomic mass is 9.95. The van der Waals surface area contributed by atoms with Gasteiger partial charge in [-0.3, -0.25) is 4.68 Å². The van der Waals surface area contributed by atoms with Crippen molar-refractivity contribution < 1.29 is 37.3 Å². The summed E-state index contributed by atoms with van der Waals surface area (Å²) in [5.74, 6) is -1.84. The lowest BCUT2D eigenvalue weighted by Crippen LogP contribution is -2.29. The highest BCUT2D eigenvalue weighted by Gasteiger charge is 2.38. The molecular weight excluding hydrogens is 652 g/mol. The number of nitrogens with zero attached hydrogens (tertiary/aromatic N) is 4. The molecule has 1 aliphatic rings. The molecule has 16 heteroatoms. The Morgan fingerprint density at radius 2 is 1.98 bits per heavy atom. The number of carboxylic acids is 1. The highest BCUT2D eigenvalue weighted by atomic mass is 35.5. The first-order chi connectivity index (χ1) is 21.9. The normalized spacial score (nSPS) is 12.9. The molecule has 0 aliphatic heterocycles. The average Bonchev–Trinajstić information content (AvgIpc) is 3.58. The number of hydrogen-bond acceptors (Lipinski definition) is 9. The smallest absolute Gasteiger partial charge is 0.487 e. The van der Waals surface area contributed by atoms with Crippen LogP contribution in [0.1, 0.15) is 16.8 Å². The zero-order valence-electron chi connectivity index (χ0n) is 24.1. The number of likely N-dealkylation sites (N-methyl/N-ethyl adjacent to an activating group) is 1. The molecule has 0 saturated heterocycles. The average molecular weight is 679 g/mol. The molecule has 1 aliphatic carbocycles. The van der Waals surface area contributed by atoms with Crippen LogP contribution in [0.15, 0.2) is 55.0 Å². The first-order valence-electron chi connectivity index (χ1n) is 13.8. The molecule has 3 heterocycles. The van der Waals surface area contributed by atoms with Crippen LogP contribution in [0.4, 0.5) is 29.1 Å². The second-order valence-electron chi connectivity index (χ2n) is 10.2. The minimum atomic E-state index is -5.08. The van der Waals surface area contributed by atoms with E-state index in [4.69, 9.17) is 26.2 Å². The summed E-state index contributed by atoms with van der Waals surface area (Å²) < 4.78 is 52.9. The van der Waals surface area contributed by atoms with Gasteiger partial charge in [-0.1, -0.05) is 23.7 Å². The van der Waals surface area contributed by atoms with Gasteiger partial charge < -0.3 is 25.6 Å². The van der Waals surface area contributed by atoms with Crippen LogP contribution in [0.3, 0.4) is 0 Å². The predicted octanol–water partition coefficient (Wildman–Crippen LogP) is 5.98. The number of hydrogen-bond donors (Lipinski definition) is 4. The number of aliphatic hydroxyl groups excluding tert-OH is 1. The van der Waals surface area contributed by atoms with E-state index in [1.807, 2.05) is 24.0 Å². The van der Waals surface area contributed by atoms with E-state index < -0.39 is 18.2 Å². The SMILES string of the molecule is CNC[C@@H](O)Cn1ncc2c1CCc1c-2sc2ncnc(Nc3ccc(OCc4cccc(F)c4)c(Cl)c3)c12.O=C(O)C(F)(F)F. The molecule has 242 valence electrons. The Kier molecular flexibility index (Phi) is 10.1. The molecule has 1 atom stereocenters. The molecule has 46 heavy (non-hydrogen) atoms. The van der Waals surface area contributed by atoms with Crippen molar-refractivity contribution in [3.05, 3.63) is 82.6 Å². The zero-order chi connectivity index (χ0) is 33.0. The van der Waals surface area contributed by atoms with Crippen molar-refractivity contribution in [2.45, 2.75) is 38.3 Å². The van der Waals surface area contributed by atoms with Gasteiger partial charge in [-0.2, -0.15) is 18.3 Å². The first kappa shape index (κ1) is 33.1. The van der Waals surface area contributed by atoms with E-state index in [1.165, 1.54) is 17.7 Å². The largest absolute Gasteiger partial charge is 0.490 e. The van der Waals surface area contributed by atoms with Crippen LogP contribution in [-0.2, 0) is 30.8 Å². The zero-order valence-corrected chi connectivity index (χ0v) is 25.7. The minimum absolute atomic E-state index is 0.213. The van der Waals surface area contributed by atoms with Crippen molar-refractivity contribution in [1.82, 2.24) is 25.1 Å². The lowest BCUT2D eigenvalue weighted by molar-refractivity contribution is -0.192. The van der Waals surface area contributed by atoms with Gasteiger partial charge in [0.2, 0.25) is 0 Å². The summed E-state index contributed by atoms with van der Waals surface area (Å²) in [5, 5.41) is 29.8. The van der Waals surface area contributed by atoms with Gasteiger partial charge in [0, 0.05) is 28.4 Å². The van der Waals surface area contributed by atoms with Crippen LogP contribution in [0.25, 0.3) is 20.7 Å². The van der Waals surface area contributed by atoms with E-state index in [9.17, 15) is 22.7 Å². The summed E-state index contributed by atoms with van der Waals surface area (Å²) >= 11 is 8.15. The van der Waals surface area contributed by atoms with E-state index in [0.29, 0.717) is 29.7 Å². The molecule has 0 amide bonds. The Morgan fingerprint density at radius 3 is 2.67 bits per heavy atom. The summed E-state index contributed by atoms with van der Waals surface area (Å²) in [6, 6.07) is 11.7. The third kappa shape index (κ3) is 7.55. The number of aryl methyl sites for hydroxylation is 1. The van der Waals surface area contributed by atoms with Crippen molar-refractivity contribution in [3.8, 4) is 16.2 Å². The molecular formula is C30H27ClF4N6O4S. The van der Waals surface area contributed by atoms with E-state index in [1.54, 1.807) is 41.9 Å². The molecule has 5 aromatic rings. The molecule has 2 aromatic carbocycles. The molecule has 0 bridgehead atoms. The summed E-state index contributed by atoms with van der Waals surface area (Å²) in [7, 11) is 1.82. The van der Waals surface area contributed by atoms with Gasteiger partial charge in [-0.05, 0) is 61.3 Å². The Labute approximate surface area is 268 Å². The number of rotatable bonds is 9. The van der Waals surface area contributed by atoms with E-state index in [0.717, 1.165) is 50.4 Å². The van der Waals surface area contributed by atoms with Crippen LogP contribution >= 0.6 is 22.9 Å². The number of thiophene rings is 1. The number of nitrogens with one attached hydrogen (secondary N) is 2. The monoisotopic (exact) mass is 678 g/mol. The molecule has 0 radical (unpaired) electrons. The third-order valence-corrected chi connectivity index (χ3v) is 8.40. The number of anilines is 2. The van der Waals surface area contributed by atoms with Gasteiger partial charge in [0.15, 0.2) is 0 Å². The van der Waals surface area contributed by atoms with Crippen LogP contribution in [-0.4, -0.2) is 61.8 Å². The summed E-state index contributed by atoms with van der Waals surface area (Å²) in [4.78, 5) is 20.0. The van der Waals surface area contributed by atoms with Gasteiger partial charge in [-0.15, -0.1) is 11.3 Å². The standard InChI is InChI=1S/C28H26ClFN6O2S.C2HF3O2/c1-31-11-19(37)13-36-23-7-6-20-25-27(32-15-33-28(25)39-26(20)21(23)12-34-36)35-18-5-8-24(22(29)10-18)38-14-16-3-2-4-17(30)9-16;3-2(4,5)1(6)7/h2-5,8-10,12,15,19,31,37H,6-7,11,13-14H2,1H3,(H,32,33,35);(H,6,7)/t19-;/m1./s1. The number of ether oxygens (including phenoxy) is 1. The third-order valence-electron chi connectivity index (χ3n) is 6.94. The van der Waals surface area contributed by atoms with Crippen molar-refractivity contribution in [2.24, 2.45) is 0 Å². The molecule has 10 nitrogen and oxygen atoms in total. The number of halogens is 5. The number of aliphatic hydroxyl groups is 1. The van der Waals surface area contributed by atoms with E-state index in [2.05, 4.69) is 25.7 Å². The number of carbonyl (C=O) groups is 1. The Balaban J connectivity index is 0.000000537. The fourth-order valence-corrected chi connectivity index (χ4v) is 6.38. The van der Waals surface area contributed by atoms with Gasteiger partial charge in [0.05, 0.1) is 29.3 Å². The number of fused-ring (bicyclic) bond motifs is 5. The highest BCUT2D eigenvalue weighted by Crippen LogP contribution is 2.45. The Hall–Kier alpha value is -4.31. The summed E-state index contributed by atoms with van der Waals surface area (Å²) in [5.41, 5.74) is 4.90. The molecule has 0 unspecified atom stereocenters. The van der Waals surface area contributed by atoms with Crippen molar-refractivity contribution in [2.75, 3.05) is 18.9 Å². The number of aromatic nitrogens is 4. The molecule has 4 N–H and O–H groups in total. The van der Waals surface area contributed by atoms with Crippen LogP contribution in [0, 0.1) is 5.82 Å². The molecule has 0 fully saturated rings. The van der Waals surface area contributed by atoms with Crippen molar-refractivity contribution in [3.63, 3.8) is 0 Å². The van der Waals surface area contributed by atoms with Gasteiger partial charge in [0.25, 0.3) is 0 Å². The van der Waals surface area contributed by atoms with Crippen LogP contribution in [0.2, 0.25) is 5.02 Å². The highest BCUT2D eigenvalue weighted by molar-refractivity contribution is 7.22. The maximum atomic E-state index is 13.5. The maximum absolute atomic E-state index is 13.5. The molecule has 6 rings (SSSR count). The molecule has 3 aromatic heterocycles. The molecule has 0 saturated carbocycles. The molecule has 0 spiro atoms. The second kappa shape index (κ2) is 14.0. The van der Waals surface area contributed by atoms with Gasteiger partial charge in [0.1, 0.15) is 35.1 Å². The predicted molar refractivity (Wildman–Crippen MR) is 165 cm³/mol. The van der Waals surface area contributed by atoms with Gasteiger partial charge >= 0.3 is 12.1 Å². The Morgan fingerprint density at radius 1 is 1.20 bits per heavy atom. The number of benzene rings is 2. The quantitative estimate of drug-likeness (QED) is 0.139. The minimum Gasteiger partial charge on any atom is -0.487 e. The fraction of sp³-hybridized carbons (Fsp3) is 0.267. The first-order valence-corrected chi connectivity index (χ1v) is 15.0. The van der Waals surface area contributed by atoms with Gasteiger partial charge in [-0.25, -0.2) is 19.2 Å². The fourth-order valence-electron chi connectivity index (χ4n) is 4.93. The second-order valence-corrected chi connectivity index (χ2v) is 11.6. The maximum Gasteiger partial charge on any atom is 0.490 e. The van der Waals surface area contributed by atoms with Crippen LogP contribution in [0.5, 0.6) is 5.75 Å². The van der Waals surface area contributed by atoms with E-state index >= 15 is 0 Å². The number of alkyl halides is 3. The van der Waals surface area contributed by atoms with E-state index in [-0.39, 0.29) is 12.4 Å². The Bertz CT molecular complexity index is 1870. The topological polar surface area (TPSA) is 134 Å². The lowest BCUT2D eigenvalue weighted by Gasteiger charge is -2.17. The van der Waals surface area contributed by atoms with Crippen LogP contribution < -0.4 is 15.4 Å². The summed E-state index contributed by atoms with van der Waals surface area (Å²) in [6.45, 7) is 1.17. The van der Waals surface area contributed by atoms with Crippen molar-refractivity contribution >= 4 is 50.6 Å².